The zero-order chi connectivity index (χ0) is 27.7. The molecular weight excluding hydrogens is 494 g/mol. The molecule has 0 spiro atoms. The van der Waals surface area contributed by atoms with Crippen molar-refractivity contribution in [1.29, 1.82) is 0 Å². The Hall–Kier alpha value is -4.07. The fourth-order valence-corrected chi connectivity index (χ4v) is 3.54. The number of aromatic hydroxyl groups is 1. The van der Waals surface area contributed by atoms with E-state index in [1.54, 1.807) is 19.2 Å². The summed E-state index contributed by atoms with van der Waals surface area (Å²) in [6, 6.07) is 21.0. The molecule has 0 unspecified atom stereocenters. The van der Waals surface area contributed by atoms with Gasteiger partial charge >= 0.3 is 0 Å². The first-order chi connectivity index (χ1) is 19.1. The van der Waals surface area contributed by atoms with E-state index in [1.165, 1.54) is 0 Å². The lowest BCUT2D eigenvalue weighted by Gasteiger charge is -2.08. The molecule has 0 atom stereocenters. The van der Waals surface area contributed by atoms with Gasteiger partial charge in [-0.3, -0.25) is 4.79 Å². The van der Waals surface area contributed by atoms with Crippen LogP contribution in [-0.2, 0) is 14.3 Å². The van der Waals surface area contributed by atoms with Crippen molar-refractivity contribution in [2.75, 3.05) is 46.7 Å². The van der Waals surface area contributed by atoms with Gasteiger partial charge in [-0.1, -0.05) is 67.6 Å². The molecule has 3 rings (SSSR count). The van der Waals surface area contributed by atoms with Crippen LogP contribution in [0.5, 0.6) is 17.2 Å². The molecule has 0 fully saturated rings. The number of methoxy groups -OCH3 is 1. The van der Waals surface area contributed by atoms with E-state index in [2.05, 4.69) is 5.32 Å². The highest BCUT2D eigenvalue weighted by molar-refractivity contribution is 5.76. The van der Waals surface area contributed by atoms with Gasteiger partial charge in [-0.2, -0.15) is 0 Å². The van der Waals surface area contributed by atoms with Crippen molar-refractivity contribution in [1.82, 2.24) is 5.32 Å². The van der Waals surface area contributed by atoms with E-state index in [-0.39, 0.29) is 11.7 Å². The predicted octanol–water partition coefficient (Wildman–Crippen LogP) is 5.68. The average Bonchev–Trinajstić information content (AvgIpc) is 2.97. The number of phenols is 1. The molecule has 39 heavy (non-hydrogen) atoms. The molecule has 2 N–H and O–H groups in total. The highest BCUT2D eigenvalue weighted by Gasteiger charge is 2.02. The molecule has 3 aromatic carbocycles. The third-order valence-corrected chi connectivity index (χ3v) is 5.71. The summed E-state index contributed by atoms with van der Waals surface area (Å²) in [5.41, 5.74) is 4.05. The van der Waals surface area contributed by atoms with Crippen LogP contribution in [0, 0.1) is 0 Å². The Bertz CT molecular complexity index is 1200. The van der Waals surface area contributed by atoms with Gasteiger partial charge in [-0.15, -0.1) is 0 Å². The van der Waals surface area contributed by atoms with Crippen LogP contribution in [0.25, 0.3) is 24.3 Å². The number of rotatable bonds is 16. The normalized spacial score (nSPS) is 11.2. The Morgan fingerprint density at radius 3 is 2.05 bits per heavy atom. The number of carbonyl (C=O) groups excluding carboxylic acids is 1. The molecule has 0 bridgehead atoms. The van der Waals surface area contributed by atoms with Gasteiger partial charge in [0, 0.05) is 18.5 Å². The second-order valence-electron chi connectivity index (χ2n) is 8.61. The molecule has 1 amide bonds. The first-order valence-electron chi connectivity index (χ1n) is 13.1. The van der Waals surface area contributed by atoms with E-state index >= 15 is 0 Å². The molecule has 0 aliphatic rings. The summed E-state index contributed by atoms with van der Waals surface area (Å²) in [5, 5.41) is 12.2. The number of benzene rings is 3. The van der Waals surface area contributed by atoms with Crippen molar-refractivity contribution >= 4 is 30.2 Å². The zero-order valence-electron chi connectivity index (χ0n) is 22.6. The average molecular weight is 532 g/mol. The minimum atomic E-state index is 0.0266. The van der Waals surface area contributed by atoms with Crippen molar-refractivity contribution in [3.63, 3.8) is 0 Å². The summed E-state index contributed by atoms with van der Waals surface area (Å²) in [7, 11) is 1.67. The van der Waals surface area contributed by atoms with Crippen LogP contribution in [0.15, 0.2) is 66.7 Å². The van der Waals surface area contributed by atoms with E-state index in [4.69, 9.17) is 18.9 Å². The van der Waals surface area contributed by atoms with Gasteiger partial charge in [0.25, 0.3) is 0 Å². The van der Waals surface area contributed by atoms with Gasteiger partial charge in [0.05, 0.1) is 33.5 Å². The van der Waals surface area contributed by atoms with Crippen molar-refractivity contribution < 1.29 is 28.8 Å². The highest BCUT2D eigenvalue weighted by Crippen LogP contribution is 2.24. The smallest absolute Gasteiger partial charge is 0.219 e. The van der Waals surface area contributed by atoms with Crippen molar-refractivity contribution in [3.05, 3.63) is 89.0 Å². The summed E-state index contributed by atoms with van der Waals surface area (Å²) < 4.78 is 22.3. The number of phenolic OH excluding ortho intramolecular Hbond substituents is 1. The van der Waals surface area contributed by atoms with Crippen molar-refractivity contribution in [2.45, 2.75) is 13.3 Å². The molecule has 7 heteroatoms. The number of carbonyl (C=O) groups is 1. The second-order valence-corrected chi connectivity index (χ2v) is 8.61. The van der Waals surface area contributed by atoms with E-state index in [1.807, 2.05) is 85.8 Å². The molecule has 0 aliphatic heterocycles. The maximum Gasteiger partial charge on any atom is 0.219 e. The lowest BCUT2D eigenvalue weighted by Crippen LogP contribution is -2.26. The summed E-state index contributed by atoms with van der Waals surface area (Å²) in [6.07, 6.45) is 8.54. The lowest BCUT2D eigenvalue weighted by molar-refractivity contribution is -0.121. The molecule has 0 aliphatic carbocycles. The number of ether oxygens (including phenoxy) is 4. The quantitative estimate of drug-likeness (QED) is 0.183. The molecule has 0 aromatic heterocycles. The van der Waals surface area contributed by atoms with Crippen LogP contribution in [0.1, 0.15) is 35.6 Å². The molecule has 0 radical (unpaired) electrons. The molecule has 3 aromatic rings. The van der Waals surface area contributed by atoms with Crippen LogP contribution in [0.2, 0.25) is 0 Å². The number of nitrogens with one attached hydrogen (secondary N) is 1. The van der Waals surface area contributed by atoms with Gasteiger partial charge in [0.2, 0.25) is 5.91 Å². The minimum Gasteiger partial charge on any atom is -0.508 e. The van der Waals surface area contributed by atoms with Crippen LogP contribution in [0.4, 0.5) is 0 Å². The number of hydrogen-bond donors (Lipinski definition) is 2. The topological polar surface area (TPSA) is 86.3 Å². The molecule has 0 saturated heterocycles. The van der Waals surface area contributed by atoms with Gasteiger partial charge in [-0.05, 0) is 47.0 Å². The summed E-state index contributed by atoms with van der Waals surface area (Å²) in [4.78, 5) is 11.1. The monoisotopic (exact) mass is 531 g/mol. The predicted molar refractivity (Wildman–Crippen MR) is 156 cm³/mol. The summed E-state index contributed by atoms with van der Waals surface area (Å²) in [6.45, 7) is 4.69. The van der Waals surface area contributed by atoms with Gasteiger partial charge in [0.15, 0.2) is 0 Å². The first-order valence-corrected chi connectivity index (χ1v) is 13.1. The van der Waals surface area contributed by atoms with E-state index < -0.39 is 0 Å². The third-order valence-electron chi connectivity index (χ3n) is 5.71. The number of amides is 1. The Morgan fingerprint density at radius 1 is 0.769 bits per heavy atom. The largest absolute Gasteiger partial charge is 0.508 e. The molecule has 0 heterocycles. The highest BCUT2D eigenvalue weighted by atomic mass is 16.5. The third kappa shape index (κ3) is 11.1. The minimum absolute atomic E-state index is 0.0266. The zero-order valence-corrected chi connectivity index (χ0v) is 22.6. The van der Waals surface area contributed by atoms with E-state index in [9.17, 15) is 9.90 Å². The maximum absolute atomic E-state index is 11.1. The van der Waals surface area contributed by atoms with Gasteiger partial charge < -0.3 is 29.4 Å². The van der Waals surface area contributed by atoms with Gasteiger partial charge in [0.1, 0.15) is 23.9 Å². The molecule has 206 valence electrons. The fourth-order valence-electron chi connectivity index (χ4n) is 3.54. The second kappa shape index (κ2) is 16.7. The molecule has 7 nitrogen and oxygen atoms in total. The standard InChI is InChI=1S/C32H37NO6/c1-3-32(35)33-18-19-37-20-21-38-22-23-39-30-16-10-26(11-17-30)6-12-28-13-7-27(24-31(28)36-2)5-4-25-8-14-29(34)15-9-25/h4-17,24,34H,3,18-23H2,1-2H3,(H,33,35)/b5-4+,12-6+. The van der Waals surface area contributed by atoms with Crippen molar-refractivity contribution in [3.8, 4) is 17.2 Å². The van der Waals surface area contributed by atoms with Crippen LogP contribution >= 0.6 is 0 Å². The van der Waals surface area contributed by atoms with E-state index in [0.717, 1.165) is 33.8 Å². The Balaban J connectivity index is 1.39. The molecular formula is C32H37NO6. The Labute approximate surface area is 230 Å². The number of hydrogen-bond acceptors (Lipinski definition) is 6. The SMILES string of the molecule is CCC(=O)NCCOCCOCCOc1ccc(/C=C/c2ccc(/C=C/c3ccc(O)cc3)cc2OC)cc1. The molecule has 0 saturated carbocycles. The van der Waals surface area contributed by atoms with Crippen LogP contribution in [0.3, 0.4) is 0 Å². The van der Waals surface area contributed by atoms with Crippen molar-refractivity contribution in [2.24, 2.45) is 0 Å². The maximum atomic E-state index is 11.1. The fraction of sp³-hybridized carbons (Fsp3) is 0.281. The summed E-state index contributed by atoms with van der Waals surface area (Å²) in [5.74, 6) is 1.84. The van der Waals surface area contributed by atoms with Gasteiger partial charge in [-0.25, -0.2) is 0 Å². The summed E-state index contributed by atoms with van der Waals surface area (Å²) >= 11 is 0. The Morgan fingerprint density at radius 2 is 1.36 bits per heavy atom. The lowest BCUT2D eigenvalue weighted by atomic mass is 10.1. The Kier molecular flexibility index (Phi) is 12.6. The van der Waals surface area contributed by atoms with E-state index in [0.29, 0.717) is 46.0 Å². The first kappa shape index (κ1) is 29.5. The van der Waals surface area contributed by atoms with Crippen LogP contribution in [-0.4, -0.2) is 57.7 Å². The van der Waals surface area contributed by atoms with Crippen LogP contribution < -0.4 is 14.8 Å².